The summed E-state index contributed by atoms with van der Waals surface area (Å²) in [5.74, 6) is 0.912. The topological polar surface area (TPSA) is 76.1 Å². The number of benzene rings is 2. The number of rotatable bonds is 5. The number of methoxy groups -OCH3 is 1. The Morgan fingerprint density at radius 2 is 1.64 bits per heavy atom. The van der Waals surface area contributed by atoms with Crippen molar-refractivity contribution in [1.29, 1.82) is 0 Å². The van der Waals surface area contributed by atoms with Crippen LogP contribution in [0.15, 0.2) is 60.9 Å². The Balaban J connectivity index is 1.64. The van der Waals surface area contributed by atoms with E-state index in [0.717, 1.165) is 11.4 Å². The van der Waals surface area contributed by atoms with Crippen molar-refractivity contribution in [2.24, 2.45) is 0 Å². The summed E-state index contributed by atoms with van der Waals surface area (Å²) in [6.07, 6.45) is 2.91. The van der Waals surface area contributed by atoms with Crippen LogP contribution < -0.4 is 15.4 Å². The first-order chi connectivity index (χ1) is 12.1. The highest BCUT2D eigenvalue weighted by Gasteiger charge is 2.09. The summed E-state index contributed by atoms with van der Waals surface area (Å²) in [6.45, 7) is 0. The number of nitrogens with one attached hydrogen (secondary N) is 2. The second-order valence-corrected chi connectivity index (χ2v) is 5.54. The molecule has 0 saturated heterocycles. The van der Waals surface area contributed by atoms with E-state index in [9.17, 15) is 4.79 Å². The average Bonchev–Trinajstić information content (AvgIpc) is 2.65. The summed E-state index contributed by atoms with van der Waals surface area (Å²) >= 11 is 5.85. The normalized spacial score (nSPS) is 10.2. The number of hydrogen-bond donors (Lipinski definition) is 2. The van der Waals surface area contributed by atoms with E-state index in [-0.39, 0.29) is 11.6 Å². The van der Waals surface area contributed by atoms with Crippen LogP contribution in [0.2, 0.25) is 5.02 Å². The monoisotopic (exact) mass is 354 g/mol. The van der Waals surface area contributed by atoms with Gasteiger partial charge in [0.2, 0.25) is 0 Å². The van der Waals surface area contributed by atoms with E-state index in [4.69, 9.17) is 16.3 Å². The first-order valence-corrected chi connectivity index (χ1v) is 7.82. The molecule has 7 heteroatoms. The Bertz CT molecular complexity index is 850. The second kappa shape index (κ2) is 7.63. The van der Waals surface area contributed by atoms with E-state index in [2.05, 4.69) is 20.6 Å². The first kappa shape index (κ1) is 16.7. The van der Waals surface area contributed by atoms with Gasteiger partial charge < -0.3 is 15.4 Å². The molecular formula is C18H15ClN4O2. The third-order valence-electron chi connectivity index (χ3n) is 3.35. The predicted octanol–water partition coefficient (Wildman–Crippen LogP) is 4.13. The quantitative estimate of drug-likeness (QED) is 0.720. The number of ether oxygens (including phenoxy) is 1. The minimum absolute atomic E-state index is 0.220. The lowest BCUT2D eigenvalue weighted by Gasteiger charge is -2.07. The van der Waals surface area contributed by atoms with Gasteiger partial charge in [0.1, 0.15) is 17.3 Å². The number of nitrogens with zero attached hydrogens (tertiary/aromatic N) is 2. The molecule has 0 saturated carbocycles. The number of carbonyl (C=O) groups excluding carboxylic acids is 1. The zero-order chi connectivity index (χ0) is 17.6. The summed E-state index contributed by atoms with van der Waals surface area (Å²) in [6, 6.07) is 14.2. The Hall–Kier alpha value is -3.12. The molecule has 3 aromatic rings. The lowest BCUT2D eigenvalue weighted by atomic mass is 10.3. The van der Waals surface area contributed by atoms with Gasteiger partial charge in [-0.25, -0.2) is 9.97 Å². The molecule has 25 heavy (non-hydrogen) atoms. The molecule has 0 bridgehead atoms. The lowest BCUT2D eigenvalue weighted by Crippen LogP contribution is -2.14. The van der Waals surface area contributed by atoms with Gasteiger partial charge in [-0.05, 0) is 48.5 Å². The molecule has 2 N–H and O–H groups in total. The van der Waals surface area contributed by atoms with Gasteiger partial charge in [0.15, 0.2) is 0 Å². The van der Waals surface area contributed by atoms with Crippen LogP contribution in [-0.2, 0) is 0 Å². The molecule has 0 spiro atoms. The fourth-order valence-corrected chi connectivity index (χ4v) is 2.19. The molecule has 2 aromatic carbocycles. The molecular weight excluding hydrogens is 340 g/mol. The maximum atomic E-state index is 12.2. The van der Waals surface area contributed by atoms with Crippen molar-refractivity contribution in [3.8, 4) is 5.75 Å². The van der Waals surface area contributed by atoms with Crippen LogP contribution in [0.25, 0.3) is 0 Å². The average molecular weight is 355 g/mol. The maximum Gasteiger partial charge on any atom is 0.275 e. The first-order valence-electron chi connectivity index (χ1n) is 7.44. The van der Waals surface area contributed by atoms with Gasteiger partial charge >= 0.3 is 0 Å². The van der Waals surface area contributed by atoms with Crippen LogP contribution in [0.5, 0.6) is 5.75 Å². The molecule has 1 aromatic heterocycles. The van der Waals surface area contributed by atoms with Crippen LogP contribution >= 0.6 is 11.6 Å². The Labute approximate surface area is 149 Å². The van der Waals surface area contributed by atoms with Crippen LogP contribution in [-0.4, -0.2) is 23.0 Å². The largest absolute Gasteiger partial charge is 0.497 e. The standard InChI is InChI=1S/C18H15ClN4O2/c1-25-15-8-6-14(7-9-15)23-18(24)16-10-21-17(11-20-16)22-13-4-2-12(19)3-5-13/h2-11H,1H3,(H,21,22)(H,23,24). The highest BCUT2D eigenvalue weighted by atomic mass is 35.5. The summed E-state index contributed by atoms with van der Waals surface area (Å²) < 4.78 is 5.08. The molecule has 3 rings (SSSR count). The number of aromatic nitrogens is 2. The van der Waals surface area contributed by atoms with Gasteiger partial charge in [0, 0.05) is 16.4 Å². The van der Waals surface area contributed by atoms with E-state index in [0.29, 0.717) is 16.5 Å². The van der Waals surface area contributed by atoms with Gasteiger partial charge in [0.05, 0.1) is 19.5 Å². The molecule has 1 amide bonds. The fraction of sp³-hybridized carbons (Fsp3) is 0.0556. The van der Waals surface area contributed by atoms with Gasteiger partial charge in [-0.1, -0.05) is 11.6 Å². The minimum atomic E-state index is -0.337. The van der Waals surface area contributed by atoms with E-state index in [1.807, 2.05) is 12.1 Å². The number of halogens is 1. The third-order valence-corrected chi connectivity index (χ3v) is 3.60. The Morgan fingerprint density at radius 1 is 0.960 bits per heavy atom. The molecule has 0 atom stereocenters. The smallest absolute Gasteiger partial charge is 0.275 e. The summed E-state index contributed by atoms with van der Waals surface area (Å²) in [5, 5.41) is 6.49. The van der Waals surface area contributed by atoms with Crippen LogP contribution in [0.4, 0.5) is 17.2 Å². The van der Waals surface area contributed by atoms with E-state index < -0.39 is 0 Å². The molecule has 0 aliphatic heterocycles. The number of anilines is 3. The molecule has 126 valence electrons. The Morgan fingerprint density at radius 3 is 2.24 bits per heavy atom. The van der Waals surface area contributed by atoms with Crippen LogP contribution in [0, 0.1) is 0 Å². The van der Waals surface area contributed by atoms with Crippen molar-refractivity contribution in [3.63, 3.8) is 0 Å². The van der Waals surface area contributed by atoms with E-state index >= 15 is 0 Å². The number of hydrogen-bond acceptors (Lipinski definition) is 5. The molecule has 0 radical (unpaired) electrons. The molecule has 0 aliphatic rings. The van der Waals surface area contributed by atoms with Gasteiger partial charge in [-0.15, -0.1) is 0 Å². The van der Waals surface area contributed by atoms with E-state index in [1.165, 1.54) is 12.4 Å². The zero-order valence-electron chi connectivity index (χ0n) is 13.4. The SMILES string of the molecule is COc1ccc(NC(=O)c2cnc(Nc3ccc(Cl)cc3)cn2)cc1. The number of amides is 1. The van der Waals surface area contributed by atoms with Gasteiger partial charge in [-0.3, -0.25) is 4.79 Å². The molecule has 6 nitrogen and oxygen atoms in total. The Kier molecular flexibility index (Phi) is 5.11. The van der Waals surface area contributed by atoms with Crippen molar-refractivity contribution < 1.29 is 9.53 Å². The second-order valence-electron chi connectivity index (χ2n) is 5.10. The molecule has 0 fully saturated rings. The van der Waals surface area contributed by atoms with Crippen molar-refractivity contribution in [2.45, 2.75) is 0 Å². The van der Waals surface area contributed by atoms with Crippen molar-refractivity contribution >= 4 is 34.7 Å². The predicted molar refractivity (Wildman–Crippen MR) is 97.7 cm³/mol. The maximum absolute atomic E-state index is 12.2. The summed E-state index contributed by atoms with van der Waals surface area (Å²) in [7, 11) is 1.59. The summed E-state index contributed by atoms with van der Waals surface area (Å²) in [4.78, 5) is 20.5. The zero-order valence-corrected chi connectivity index (χ0v) is 14.1. The molecule has 1 heterocycles. The van der Waals surface area contributed by atoms with Crippen LogP contribution in [0.1, 0.15) is 10.5 Å². The highest BCUT2D eigenvalue weighted by molar-refractivity contribution is 6.30. The van der Waals surface area contributed by atoms with Crippen molar-refractivity contribution in [1.82, 2.24) is 9.97 Å². The van der Waals surface area contributed by atoms with Crippen LogP contribution in [0.3, 0.4) is 0 Å². The third kappa shape index (κ3) is 4.45. The fourth-order valence-electron chi connectivity index (χ4n) is 2.06. The van der Waals surface area contributed by atoms with Crippen molar-refractivity contribution in [2.75, 3.05) is 17.7 Å². The molecule has 0 aliphatic carbocycles. The van der Waals surface area contributed by atoms with Gasteiger partial charge in [-0.2, -0.15) is 0 Å². The number of carbonyl (C=O) groups is 1. The molecule has 0 unspecified atom stereocenters. The lowest BCUT2D eigenvalue weighted by molar-refractivity contribution is 0.102. The van der Waals surface area contributed by atoms with Crippen molar-refractivity contribution in [3.05, 3.63) is 71.6 Å². The van der Waals surface area contributed by atoms with E-state index in [1.54, 1.807) is 43.5 Å². The minimum Gasteiger partial charge on any atom is -0.497 e. The highest BCUT2D eigenvalue weighted by Crippen LogP contribution is 2.18. The van der Waals surface area contributed by atoms with Gasteiger partial charge in [0.25, 0.3) is 5.91 Å². The summed E-state index contributed by atoms with van der Waals surface area (Å²) in [5.41, 5.74) is 1.70.